The number of nitrogens with one attached hydrogen (secondary N) is 2. The lowest BCUT2D eigenvalue weighted by molar-refractivity contribution is -0.138. The Bertz CT molecular complexity index is 555. The van der Waals surface area contributed by atoms with E-state index in [2.05, 4.69) is 10.6 Å². The minimum absolute atomic E-state index is 0.0365. The normalized spacial score (nSPS) is 23.7. The Morgan fingerprint density at radius 2 is 2.13 bits per heavy atom. The van der Waals surface area contributed by atoms with Gasteiger partial charge in [0.05, 0.1) is 23.3 Å². The molecule has 2 heterocycles. The maximum Gasteiger partial charge on any atom is 0.258 e. The van der Waals surface area contributed by atoms with Crippen molar-refractivity contribution in [2.75, 3.05) is 23.9 Å². The van der Waals surface area contributed by atoms with Gasteiger partial charge in [0.1, 0.15) is 6.04 Å². The topological polar surface area (TPSA) is 95.6 Å². The first-order chi connectivity index (χ1) is 10.9. The summed E-state index contributed by atoms with van der Waals surface area (Å²) in [5, 5.41) is 5.11. The van der Waals surface area contributed by atoms with E-state index in [0.29, 0.717) is 23.8 Å². The zero-order valence-corrected chi connectivity index (χ0v) is 14.9. The van der Waals surface area contributed by atoms with Crippen LogP contribution in [0.1, 0.15) is 13.3 Å². The van der Waals surface area contributed by atoms with E-state index in [4.69, 9.17) is 12.2 Å². The Kier molecular flexibility index (Phi) is 6.42. The molecule has 0 bridgehead atoms. The third-order valence-electron chi connectivity index (χ3n) is 3.48. The van der Waals surface area contributed by atoms with Crippen molar-refractivity contribution in [2.24, 2.45) is 0 Å². The molecule has 0 aromatic carbocycles. The van der Waals surface area contributed by atoms with Crippen molar-refractivity contribution in [3.05, 3.63) is 0 Å². The molecule has 0 aliphatic carbocycles. The molecule has 7 nitrogen and oxygen atoms in total. The first-order valence-electron chi connectivity index (χ1n) is 7.03. The molecule has 2 N–H and O–H groups in total. The lowest BCUT2D eigenvalue weighted by Crippen LogP contribution is -2.52. The molecule has 0 aromatic heterocycles. The van der Waals surface area contributed by atoms with Gasteiger partial charge in [-0.3, -0.25) is 19.2 Å². The number of hydrogen-bond acceptors (Lipinski definition) is 7. The van der Waals surface area contributed by atoms with Crippen molar-refractivity contribution in [3.63, 3.8) is 0 Å². The number of thioether (sulfide) groups is 2. The number of rotatable bonds is 5. The molecule has 3 amide bonds. The molecule has 2 atom stereocenters. The highest BCUT2D eigenvalue weighted by Gasteiger charge is 2.37. The van der Waals surface area contributed by atoms with Crippen LogP contribution in [-0.2, 0) is 19.2 Å². The van der Waals surface area contributed by atoms with Crippen LogP contribution in [0.3, 0.4) is 0 Å². The number of thiocarbonyl (C=S) groups is 1. The van der Waals surface area contributed by atoms with E-state index in [1.165, 1.54) is 35.3 Å². The standard InChI is InChI=1S/C13H17N3O4S3/c1-7(21)11(18)14-4-10(17)16-6-22-5-9(16)12(19)15-8-2-3-23-13(8)20/h8-9H,2-6H2,1H3,(H,14,18)(H,15,19). The fourth-order valence-corrected chi connectivity index (χ4v) is 4.37. The van der Waals surface area contributed by atoms with E-state index >= 15 is 0 Å². The van der Waals surface area contributed by atoms with Crippen LogP contribution in [0, 0.1) is 0 Å². The number of carbonyl (C=O) groups excluding carboxylic acids is 4. The van der Waals surface area contributed by atoms with Crippen molar-refractivity contribution in [3.8, 4) is 0 Å². The second kappa shape index (κ2) is 8.11. The molecule has 2 aliphatic rings. The maximum absolute atomic E-state index is 12.3. The highest BCUT2D eigenvalue weighted by molar-refractivity contribution is 8.14. The summed E-state index contributed by atoms with van der Waals surface area (Å²) < 4.78 is 0. The first kappa shape index (κ1) is 18.2. The average Bonchev–Trinajstić information content (AvgIpc) is 3.14. The summed E-state index contributed by atoms with van der Waals surface area (Å²) in [5.74, 6) is 0.445. The van der Waals surface area contributed by atoms with Crippen LogP contribution < -0.4 is 10.6 Å². The summed E-state index contributed by atoms with van der Waals surface area (Å²) in [4.78, 5) is 49.1. The van der Waals surface area contributed by atoms with Crippen molar-refractivity contribution >= 4 is 63.4 Å². The summed E-state index contributed by atoms with van der Waals surface area (Å²) >= 11 is 7.40. The Balaban J connectivity index is 1.89. The zero-order valence-electron chi connectivity index (χ0n) is 12.5. The number of amides is 3. The van der Waals surface area contributed by atoms with E-state index in [1.54, 1.807) is 0 Å². The van der Waals surface area contributed by atoms with E-state index in [9.17, 15) is 19.2 Å². The molecule has 2 aliphatic heterocycles. The lowest BCUT2D eigenvalue weighted by Gasteiger charge is -2.24. The third kappa shape index (κ3) is 4.67. The van der Waals surface area contributed by atoms with Gasteiger partial charge in [0.15, 0.2) is 0 Å². The molecule has 2 saturated heterocycles. The Morgan fingerprint density at radius 3 is 2.74 bits per heavy atom. The second-order valence-electron chi connectivity index (χ2n) is 5.14. The first-order valence-corrected chi connectivity index (χ1v) is 9.58. The average molecular weight is 375 g/mol. The second-order valence-corrected chi connectivity index (χ2v) is 7.85. The van der Waals surface area contributed by atoms with Crippen LogP contribution in [0.25, 0.3) is 0 Å². The fourth-order valence-electron chi connectivity index (χ4n) is 2.18. The van der Waals surface area contributed by atoms with Crippen LogP contribution in [-0.4, -0.2) is 68.6 Å². The third-order valence-corrected chi connectivity index (χ3v) is 5.68. The van der Waals surface area contributed by atoms with Crippen molar-refractivity contribution in [1.29, 1.82) is 0 Å². The molecule has 2 rings (SSSR count). The van der Waals surface area contributed by atoms with Gasteiger partial charge in [0, 0.05) is 11.5 Å². The smallest absolute Gasteiger partial charge is 0.258 e. The summed E-state index contributed by atoms with van der Waals surface area (Å²) in [6.07, 6.45) is 0.618. The van der Waals surface area contributed by atoms with E-state index < -0.39 is 18.0 Å². The van der Waals surface area contributed by atoms with E-state index in [-0.39, 0.29) is 28.3 Å². The van der Waals surface area contributed by atoms with Gasteiger partial charge >= 0.3 is 0 Å². The van der Waals surface area contributed by atoms with Crippen LogP contribution in [0.4, 0.5) is 0 Å². The lowest BCUT2D eigenvalue weighted by atomic mass is 10.2. The van der Waals surface area contributed by atoms with E-state index in [1.807, 2.05) is 0 Å². The summed E-state index contributed by atoms with van der Waals surface area (Å²) in [6, 6.07) is -1.08. The molecule has 23 heavy (non-hydrogen) atoms. The van der Waals surface area contributed by atoms with Crippen LogP contribution >= 0.6 is 35.7 Å². The van der Waals surface area contributed by atoms with Gasteiger partial charge in [-0.05, 0) is 13.3 Å². The van der Waals surface area contributed by atoms with Gasteiger partial charge in [0.25, 0.3) is 5.91 Å². The van der Waals surface area contributed by atoms with Gasteiger partial charge in [-0.2, -0.15) is 0 Å². The predicted molar refractivity (Wildman–Crippen MR) is 93.3 cm³/mol. The molecule has 0 spiro atoms. The summed E-state index contributed by atoms with van der Waals surface area (Å²) in [5.41, 5.74) is 0. The fraction of sp³-hybridized carbons (Fsp3) is 0.615. The molecule has 10 heteroatoms. The van der Waals surface area contributed by atoms with Crippen molar-refractivity contribution in [2.45, 2.75) is 25.4 Å². The molecular weight excluding hydrogens is 358 g/mol. The van der Waals surface area contributed by atoms with Crippen LogP contribution in [0.15, 0.2) is 0 Å². The van der Waals surface area contributed by atoms with Gasteiger partial charge in [-0.15, -0.1) is 11.8 Å². The summed E-state index contributed by atoms with van der Waals surface area (Å²) in [7, 11) is 0. The van der Waals surface area contributed by atoms with Crippen molar-refractivity contribution in [1.82, 2.24) is 15.5 Å². The predicted octanol–water partition coefficient (Wildman–Crippen LogP) is -0.458. The molecular formula is C13H17N3O4S3. The molecule has 2 fully saturated rings. The van der Waals surface area contributed by atoms with Crippen molar-refractivity contribution < 1.29 is 19.2 Å². The summed E-state index contributed by atoms with van der Waals surface area (Å²) in [6.45, 7) is 1.28. The number of nitrogens with zero attached hydrogens (tertiary/aromatic N) is 1. The largest absolute Gasteiger partial charge is 0.344 e. The molecule has 0 aromatic rings. The van der Waals surface area contributed by atoms with Gasteiger partial charge in [0.2, 0.25) is 16.9 Å². The molecule has 2 unspecified atom stereocenters. The highest BCUT2D eigenvalue weighted by atomic mass is 32.2. The Hall–Kier alpha value is -1.13. The Labute approximate surface area is 147 Å². The molecule has 0 radical (unpaired) electrons. The quantitative estimate of drug-likeness (QED) is 0.628. The maximum atomic E-state index is 12.3. The minimum Gasteiger partial charge on any atom is -0.344 e. The Morgan fingerprint density at radius 1 is 1.39 bits per heavy atom. The monoisotopic (exact) mass is 375 g/mol. The molecule has 126 valence electrons. The number of hydrogen-bond donors (Lipinski definition) is 2. The zero-order chi connectivity index (χ0) is 17.0. The van der Waals surface area contributed by atoms with Gasteiger partial charge < -0.3 is 15.5 Å². The highest BCUT2D eigenvalue weighted by Crippen LogP contribution is 2.23. The van der Waals surface area contributed by atoms with Crippen LogP contribution in [0.5, 0.6) is 0 Å². The van der Waals surface area contributed by atoms with E-state index in [0.717, 1.165) is 0 Å². The SMILES string of the molecule is CC(=S)C(=O)NCC(=O)N1CSCC1C(=O)NC1CCSC1=O. The van der Waals surface area contributed by atoms with Gasteiger partial charge in [-0.1, -0.05) is 24.0 Å². The van der Waals surface area contributed by atoms with Gasteiger partial charge in [-0.25, -0.2) is 0 Å². The minimum atomic E-state index is -0.614. The number of carbonyl (C=O) groups is 4. The molecule has 0 saturated carbocycles. The van der Waals surface area contributed by atoms with Crippen LogP contribution in [0.2, 0.25) is 0 Å².